The van der Waals surface area contributed by atoms with E-state index in [0.717, 1.165) is 32.4 Å². The minimum atomic E-state index is -0.869. The van der Waals surface area contributed by atoms with E-state index in [0.29, 0.717) is 32.1 Å². The van der Waals surface area contributed by atoms with Crippen molar-refractivity contribution in [2.24, 2.45) is 0 Å². The molecule has 0 aromatic carbocycles. The van der Waals surface area contributed by atoms with E-state index in [9.17, 15) is 14.7 Å². The summed E-state index contributed by atoms with van der Waals surface area (Å²) in [4.78, 5) is 29.8. The highest BCUT2D eigenvalue weighted by Crippen LogP contribution is 2.19. The lowest BCUT2D eigenvalue weighted by Crippen LogP contribution is -2.56. The maximum atomic E-state index is 12.7. The number of carbonyl (C=O) groups is 2. The number of nitrogens with zero attached hydrogens (tertiary/aromatic N) is 3. The third kappa shape index (κ3) is 3.87. The average Bonchev–Trinajstić information content (AvgIpc) is 2.72. The molecule has 0 aromatic rings. The summed E-state index contributed by atoms with van der Waals surface area (Å²) in [7, 11) is 0. The Morgan fingerprint density at radius 3 is 2.24 bits per heavy atom. The van der Waals surface area contributed by atoms with Crippen molar-refractivity contribution < 1.29 is 14.7 Å². The largest absolute Gasteiger partial charge is 0.480 e. The Morgan fingerprint density at radius 1 is 1.00 bits per heavy atom. The number of carboxylic acids is 1. The molecule has 1 N–H and O–H groups in total. The molecule has 2 aliphatic rings. The van der Waals surface area contributed by atoms with E-state index in [1.807, 2.05) is 4.90 Å². The summed E-state index contributed by atoms with van der Waals surface area (Å²) in [6.07, 6.45) is 3.38. The molecule has 0 spiro atoms. The summed E-state index contributed by atoms with van der Waals surface area (Å²) in [6.45, 7) is 8.02. The number of piperazine rings is 1. The van der Waals surface area contributed by atoms with Gasteiger partial charge in [-0.15, -0.1) is 0 Å². The molecule has 120 valence electrons. The summed E-state index contributed by atoms with van der Waals surface area (Å²) in [5.41, 5.74) is 0. The summed E-state index contributed by atoms with van der Waals surface area (Å²) in [5.74, 6) is -0.869. The number of carbonyl (C=O) groups excluding carboxylic acids is 1. The summed E-state index contributed by atoms with van der Waals surface area (Å²) >= 11 is 0. The molecule has 1 atom stereocenters. The maximum absolute atomic E-state index is 12.7. The summed E-state index contributed by atoms with van der Waals surface area (Å²) < 4.78 is 0. The van der Waals surface area contributed by atoms with E-state index >= 15 is 0 Å². The molecule has 2 rings (SSSR count). The quantitative estimate of drug-likeness (QED) is 0.838. The van der Waals surface area contributed by atoms with E-state index in [-0.39, 0.29) is 6.03 Å². The van der Waals surface area contributed by atoms with Crippen LogP contribution >= 0.6 is 0 Å². The van der Waals surface area contributed by atoms with Gasteiger partial charge in [0.1, 0.15) is 6.04 Å². The first-order chi connectivity index (χ1) is 10.0. The van der Waals surface area contributed by atoms with Crippen LogP contribution < -0.4 is 0 Å². The van der Waals surface area contributed by atoms with Crippen LogP contribution in [-0.2, 0) is 4.79 Å². The smallest absolute Gasteiger partial charge is 0.326 e. The van der Waals surface area contributed by atoms with Gasteiger partial charge in [-0.25, -0.2) is 9.59 Å². The summed E-state index contributed by atoms with van der Waals surface area (Å²) in [6, 6.07) is -0.247. The number of urea groups is 1. The van der Waals surface area contributed by atoms with Crippen molar-refractivity contribution >= 4 is 12.0 Å². The van der Waals surface area contributed by atoms with Gasteiger partial charge in [0.25, 0.3) is 0 Å². The number of rotatable bonds is 2. The molecular weight excluding hydrogens is 270 g/mol. The fourth-order valence-electron chi connectivity index (χ4n) is 3.21. The molecule has 0 bridgehead atoms. The molecular formula is C15H27N3O3. The van der Waals surface area contributed by atoms with Gasteiger partial charge in [-0.2, -0.15) is 0 Å². The number of hydrogen-bond donors (Lipinski definition) is 1. The van der Waals surface area contributed by atoms with Crippen molar-refractivity contribution in [3.8, 4) is 0 Å². The van der Waals surface area contributed by atoms with Crippen LogP contribution in [0.3, 0.4) is 0 Å². The molecule has 21 heavy (non-hydrogen) atoms. The van der Waals surface area contributed by atoms with E-state index in [2.05, 4.69) is 18.7 Å². The van der Waals surface area contributed by atoms with Gasteiger partial charge < -0.3 is 14.9 Å². The van der Waals surface area contributed by atoms with Crippen LogP contribution in [0.5, 0.6) is 0 Å². The predicted molar refractivity (Wildman–Crippen MR) is 80.3 cm³/mol. The Morgan fingerprint density at radius 2 is 1.67 bits per heavy atom. The second-order valence-corrected chi connectivity index (χ2v) is 6.30. The van der Waals surface area contributed by atoms with Crippen LogP contribution in [-0.4, -0.2) is 76.6 Å². The van der Waals surface area contributed by atoms with E-state index in [1.54, 1.807) is 4.90 Å². The maximum Gasteiger partial charge on any atom is 0.326 e. The average molecular weight is 297 g/mol. The molecule has 0 aliphatic carbocycles. The molecule has 0 radical (unpaired) electrons. The topological polar surface area (TPSA) is 64.1 Å². The van der Waals surface area contributed by atoms with Crippen molar-refractivity contribution in [2.45, 2.75) is 51.6 Å². The second-order valence-electron chi connectivity index (χ2n) is 6.30. The Hall–Kier alpha value is -1.30. The second kappa shape index (κ2) is 7.11. The van der Waals surface area contributed by atoms with E-state index in [4.69, 9.17) is 0 Å². The van der Waals surface area contributed by atoms with Crippen molar-refractivity contribution in [1.82, 2.24) is 14.7 Å². The molecule has 2 heterocycles. The van der Waals surface area contributed by atoms with Crippen LogP contribution in [0.25, 0.3) is 0 Å². The molecule has 0 saturated carbocycles. The first-order valence-electron chi connectivity index (χ1n) is 8.03. The Labute approximate surface area is 126 Å². The van der Waals surface area contributed by atoms with Crippen molar-refractivity contribution in [3.63, 3.8) is 0 Å². The van der Waals surface area contributed by atoms with Gasteiger partial charge in [-0.1, -0.05) is 12.8 Å². The zero-order valence-corrected chi connectivity index (χ0v) is 13.1. The Balaban J connectivity index is 1.99. The predicted octanol–water partition coefficient (Wildman–Crippen LogP) is 1.46. The van der Waals surface area contributed by atoms with Crippen LogP contribution in [0.1, 0.15) is 39.5 Å². The lowest BCUT2D eigenvalue weighted by atomic mass is 10.1. The van der Waals surface area contributed by atoms with Crippen LogP contribution in [0.15, 0.2) is 0 Å². The summed E-state index contributed by atoms with van der Waals surface area (Å²) in [5, 5.41) is 9.38. The zero-order chi connectivity index (χ0) is 15.4. The van der Waals surface area contributed by atoms with Gasteiger partial charge in [0, 0.05) is 38.8 Å². The molecule has 2 amide bonds. The number of likely N-dealkylation sites (tertiary alicyclic amines) is 1. The van der Waals surface area contributed by atoms with Gasteiger partial charge in [-0.3, -0.25) is 4.90 Å². The SMILES string of the molecule is CC(C)N1CCN(C(=O)N2CCCCCC2C(=O)O)CC1. The number of aliphatic carboxylic acids is 1. The van der Waals surface area contributed by atoms with Gasteiger partial charge >= 0.3 is 12.0 Å². The van der Waals surface area contributed by atoms with E-state index < -0.39 is 12.0 Å². The van der Waals surface area contributed by atoms with Gasteiger partial charge in [-0.05, 0) is 26.7 Å². The Kier molecular flexibility index (Phi) is 5.45. The molecule has 6 nitrogen and oxygen atoms in total. The third-order valence-corrected chi connectivity index (χ3v) is 4.60. The van der Waals surface area contributed by atoms with E-state index in [1.165, 1.54) is 0 Å². The first kappa shape index (κ1) is 16.1. The molecule has 2 fully saturated rings. The normalized spacial score (nSPS) is 25.0. The van der Waals surface area contributed by atoms with Gasteiger partial charge in [0.2, 0.25) is 0 Å². The molecule has 0 aromatic heterocycles. The number of hydrogen-bond acceptors (Lipinski definition) is 3. The number of amides is 2. The third-order valence-electron chi connectivity index (χ3n) is 4.60. The van der Waals surface area contributed by atoms with Crippen molar-refractivity contribution in [3.05, 3.63) is 0 Å². The van der Waals surface area contributed by atoms with Gasteiger partial charge in [0.15, 0.2) is 0 Å². The number of carboxylic acid groups (broad SMARTS) is 1. The highest BCUT2D eigenvalue weighted by Gasteiger charge is 2.34. The molecule has 1 unspecified atom stereocenters. The minimum absolute atomic E-state index is 0.0901. The van der Waals surface area contributed by atoms with Gasteiger partial charge in [0.05, 0.1) is 0 Å². The molecule has 2 aliphatic heterocycles. The lowest BCUT2D eigenvalue weighted by Gasteiger charge is -2.40. The highest BCUT2D eigenvalue weighted by molar-refractivity contribution is 5.82. The lowest BCUT2D eigenvalue weighted by molar-refractivity contribution is -0.142. The highest BCUT2D eigenvalue weighted by atomic mass is 16.4. The monoisotopic (exact) mass is 297 g/mol. The van der Waals surface area contributed by atoms with Crippen LogP contribution in [0.4, 0.5) is 4.79 Å². The first-order valence-corrected chi connectivity index (χ1v) is 8.03. The minimum Gasteiger partial charge on any atom is -0.480 e. The van der Waals surface area contributed by atoms with Crippen LogP contribution in [0, 0.1) is 0 Å². The van der Waals surface area contributed by atoms with Crippen molar-refractivity contribution in [1.29, 1.82) is 0 Å². The van der Waals surface area contributed by atoms with Crippen molar-refractivity contribution in [2.75, 3.05) is 32.7 Å². The fraction of sp³-hybridized carbons (Fsp3) is 0.867. The molecule has 6 heteroatoms. The Bertz CT molecular complexity index is 378. The fourth-order valence-corrected chi connectivity index (χ4v) is 3.21. The standard InChI is InChI=1S/C15H27N3O3/c1-12(2)16-8-10-17(11-9-16)15(21)18-7-5-3-4-6-13(18)14(19)20/h12-13H,3-11H2,1-2H3,(H,19,20). The zero-order valence-electron chi connectivity index (χ0n) is 13.1. The van der Waals surface area contributed by atoms with Crippen LogP contribution in [0.2, 0.25) is 0 Å². The molecule has 2 saturated heterocycles.